The first-order valence-corrected chi connectivity index (χ1v) is 6.92. The second kappa shape index (κ2) is 5.92. The van der Waals surface area contributed by atoms with Crippen LogP contribution < -0.4 is 5.32 Å². The average Bonchev–Trinajstić information content (AvgIpc) is 2.24. The quantitative estimate of drug-likeness (QED) is 0.769. The standard InChI is InChI=1S/C12H23NO2S/c1-12(2)7-5-6-9(11(12)13-3)16-8-10(14)15-4/h9,11,13H,5-8H2,1-4H3. The van der Waals surface area contributed by atoms with Crippen LogP contribution in [0.25, 0.3) is 0 Å². The van der Waals surface area contributed by atoms with E-state index in [0.717, 1.165) is 0 Å². The molecule has 0 amide bonds. The van der Waals surface area contributed by atoms with E-state index in [2.05, 4.69) is 23.9 Å². The summed E-state index contributed by atoms with van der Waals surface area (Å²) in [6, 6.07) is 0.482. The zero-order chi connectivity index (χ0) is 12.2. The molecule has 1 aliphatic rings. The predicted molar refractivity (Wildman–Crippen MR) is 68.7 cm³/mol. The van der Waals surface area contributed by atoms with Gasteiger partial charge in [-0.3, -0.25) is 4.79 Å². The molecular weight excluding hydrogens is 222 g/mol. The molecule has 3 nitrogen and oxygen atoms in total. The van der Waals surface area contributed by atoms with Gasteiger partial charge in [0, 0.05) is 11.3 Å². The lowest BCUT2D eigenvalue weighted by Crippen LogP contribution is -2.50. The van der Waals surface area contributed by atoms with Gasteiger partial charge in [-0.05, 0) is 25.3 Å². The summed E-state index contributed by atoms with van der Waals surface area (Å²) in [5, 5.41) is 3.93. The van der Waals surface area contributed by atoms with Crippen molar-refractivity contribution in [2.24, 2.45) is 5.41 Å². The third-order valence-corrected chi connectivity index (χ3v) is 4.82. The molecule has 94 valence electrons. The molecule has 1 fully saturated rings. The zero-order valence-electron chi connectivity index (χ0n) is 10.7. The Morgan fingerprint density at radius 2 is 2.25 bits per heavy atom. The first kappa shape index (κ1) is 13.8. The fourth-order valence-corrected chi connectivity index (χ4v) is 4.07. The van der Waals surface area contributed by atoms with E-state index in [1.54, 1.807) is 11.8 Å². The molecule has 0 radical (unpaired) electrons. The van der Waals surface area contributed by atoms with Crippen LogP contribution in [0.2, 0.25) is 0 Å². The van der Waals surface area contributed by atoms with Gasteiger partial charge in [0.05, 0.1) is 12.9 Å². The lowest BCUT2D eigenvalue weighted by Gasteiger charge is -2.43. The van der Waals surface area contributed by atoms with Gasteiger partial charge in [0.1, 0.15) is 0 Å². The fourth-order valence-electron chi connectivity index (χ4n) is 2.57. The second-order valence-electron chi connectivity index (χ2n) is 5.07. The van der Waals surface area contributed by atoms with Crippen LogP contribution in [0.15, 0.2) is 0 Å². The second-order valence-corrected chi connectivity index (χ2v) is 6.30. The Hall–Kier alpha value is -0.220. The van der Waals surface area contributed by atoms with Crippen molar-refractivity contribution < 1.29 is 9.53 Å². The van der Waals surface area contributed by atoms with Gasteiger partial charge in [-0.2, -0.15) is 0 Å². The van der Waals surface area contributed by atoms with Crippen molar-refractivity contribution >= 4 is 17.7 Å². The van der Waals surface area contributed by atoms with Crippen molar-refractivity contribution in [1.82, 2.24) is 5.32 Å². The molecule has 1 rings (SSSR count). The molecule has 0 aliphatic heterocycles. The van der Waals surface area contributed by atoms with Crippen molar-refractivity contribution in [3.8, 4) is 0 Å². The molecule has 0 bridgehead atoms. The molecule has 2 unspecified atom stereocenters. The summed E-state index contributed by atoms with van der Waals surface area (Å²) < 4.78 is 4.68. The lowest BCUT2D eigenvalue weighted by molar-refractivity contribution is -0.137. The third kappa shape index (κ3) is 3.39. The molecule has 4 heteroatoms. The summed E-state index contributed by atoms with van der Waals surface area (Å²) in [6.45, 7) is 4.61. The van der Waals surface area contributed by atoms with E-state index < -0.39 is 0 Å². The van der Waals surface area contributed by atoms with E-state index in [1.807, 2.05) is 7.05 Å². The monoisotopic (exact) mass is 245 g/mol. The maximum Gasteiger partial charge on any atom is 0.315 e. The Labute approximate surface area is 103 Å². The minimum absolute atomic E-state index is 0.122. The molecule has 0 aromatic heterocycles. The zero-order valence-corrected chi connectivity index (χ0v) is 11.5. The summed E-state index contributed by atoms with van der Waals surface area (Å²) >= 11 is 1.73. The van der Waals surface area contributed by atoms with Crippen molar-refractivity contribution in [3.63, 3.8) is 0 Å². The smallest absolute Gasteiger partial charge is 0.315 e. The van der Waals surface area contributed by atoms with Crippen LogP contribution in [0.4, 0.5) is 0 Å². The molecule has 1 saturated carbocycles. The molecule has 1 aliphatic carbocycles. The molecule has 2 atom stereocenters. The van der Waals surface area contributed by atoms with E-state index >= 15 is 0 Å². The summed E-state index contributed by atoms with van der Waals surface area (Å²) in [4.78, 5) is 11.1. The highest BCUT2D eigenvalue weighted by molar-refractivity contribution is 8.00. The number of hydrogen-bond donors (Lipinski definition) is 1. The van der Waals surface area contributed by atoms with Crippen molar-refractivity contribution in [2.75, 3.05) is 19.9 Å². The fraction of sp³-hybridized carbons (Fsp3) is 0.917. The predicted octanol–water partition coefficient (Wildman–Crippen LogP) is 2.06. The minimum Gasteiger partial charge on any atom is -0.468 e. The maximum absolute atomic E-state index is 11.1. The van der Waals surface area contributed by atoms with Crippen molar-refractivity contribution in [3.05, 3.63) is 0 Å². The van der Waals surface area contributed by atoms with Gasteiger partial charge < -0.3 is 10.1 Å². The Bertz CT molecular complexity index is 243. The Balaban J connectivity index is 2.53. The highest BCUT2D eigenvalue weighted by atomic mass is 32.2. The number of carbonyl (C=O) groups excluding carboxylic acids is 1. The average molecular weight is 245 g/mol. The molecule has 0 saturated heterocycles. The molecule has 0 spiro atoms. The molecular formula is C12H23NO2S. The van der Waals surface area contributed by atoms with Crippen LogP contribution >= 0.6 is 11.8 Å². The van der Waals surface area contributed by atoms with Crippen LogP contribution in [0.5, 0.6) is 0 Å². The van der Waals surface area contributed by atoms with E-state index in [1.165, 1.54) is 26.4 Å². The summed E-state index contributed by atoms with van der Waals surface area (Å²) in [5.41, 5.74) is 0.320. The minimum atomic E-state index is -0.122. The SMILES string of the molecule is CNC1C(SCC(=O)OC)CCCC1(C)C. The van der Waals surface area contributed by atoms with Crippen molar-refractivity contribution in [2.45, 2.75) is 44.4 Å². The Kier molecular flexibility index (Phi) is 5.12. The highest BCUT2D eigenvalue weighted by Gasteiger charge is 2.38. The van der Waals surface area contributed by atoms with Crippen LogP contribution in [0.3, 0.4) is 0 Å². The molecule has 0 aromatic rings. The maximum atomic E-state index is 11.1. The number of methoxy groups -OCH3 is 1. The van der Waals surface area contributed by atoms with Gasteiger partial charge in [-0.25, -0.2) is 0 Å². The first-order valence-electron chi connectivity index (χ1n) is 5.87. The number of rotatable bonds is 4. The van der Waals surface area contributed by atoms with Gasteiger partial charge in [-0.15, -0.1) is 11.8 Å². The molecule has 0 aromatic carbocycles. The van der Waals surface area contributed by atoms with Gasteiger partial charge in [0.15, 0.2) is 0 Å². The van der Waals surface area contributed by atoms with E-state index in [9.17, 15) is 4.79 Å². The van der Waals surface area contributed by atoms with E-state index in [4.69, 9.17) is 0 Å². The summed E-state index contributed by atoms with van der Waals surface area (Å²) in [6.07, 6.45) is 3.70. The normalized spacial score (nSPS) is 28.8. The number of esters is 1. The summed E-state index contributed by atoms with van der Waals surface area (Å²) in [7, 11) is 3.46. The van der Waals surface area contributed by atoms with Gasteiger partial charge in [-0.1, -0.05) is 20.3 Å². The van der Waals surface area contributed by atoms with Crippen LogP contribution in [-0.2, 0) is 9.53 Å². The Morgan fingerprint density at radius 1 is 1.56 bits per heavy atom. The Morgan fingerprint density at radius 3 is 2.81 bits per heavy atom. The largest absolute Gasteiger partial charge is 0.468 e. The van der Waals surface area contributed by atoms with Crippen LogP contribution in [0, 0.1) is 5.41 Å². The third-order valence-electron chi connectivity index (χ3n) is 3.48. The first-order chi connectivity index (χ1) is 7.51. The van der Waals surface area contributed by atoms with Gasteiger partial charge in [0.2, 0.25) is 0 Å². The molecule has 16 heavy (non-hydrogen) atoms. The topological polar surface area (TPSA) is 38.3 Å². The number of nitrogens with one attached hydrogen (secondary N) is 1. The van der Waals surface area contributed by atoms with E-state index in [-0.39, 0.29) is 5.97 Å². The molecule has 1 N–H and O–H groups in total. The van der Waals surface area contributed by atoms with Gasteiger partial charge in [0.25, 0.3) is 0 Å². The number of carbonyl (C=O) groups is 1. The number of thioether (sulfide) groups is 1. The van der Waals surface area contributed by atoms with Crippen LogP contribution in [0.1, 0.15) is 33.1 Å². The molecule has 0 heterocycles. The number of hydrogen-bond acceptors (Lipinski definition) is 4. The van der Waals surface area contributed by atoms with Crippen molar-refractivity contribution in [1.29, 1.82) is 0 Å². The summed E-state index contributed by atoms with van der Waals surface area (Å²) in [5.74, 6) is 0.346. The lowest BCUT2D eigenvalue weighted by atomic mass is 9.73. The van der Waals surface area contributed by atoms with Crippen LogP contribution in [-0.4, -0.2) is 37.2 Å². The van der Waals surface area contributed by atoms with Gasteiger partial charge >= 0.3 is 5.97 Å². The number of ether oxygens (including phenoxy) is 1. The van der Waals surface area contributed by atoms with E-state index in [0.29, 0.717) is 22.5 Å². The highest BCUT2D eigenvalue weighted by Crippen LogP contribution is 2.40.